The van der Waals surface area contributed by atoms with Crippen molar-refractivity contribution in [1.29, 1.82) is 0 Å². The SMILES string of the molecule is COc1cc(C=O)cc(CCc2cnc(Nc3ccc(OCCN4CCCC4)cc3)nc2)c1. The second-order valence-electron chi connectivity index (χ2n) is 8.19. The van der Waals surface area contributed by atoms with E-state index in [1.54, 1.807) is 13.2 Å². The van der Waals surface area contributed by atoms with Gasteiger partial charge in [0.05, 0.1) is 7.11 Å². The number of aromatic nitrogens is 2. The van der Waals surface area contributed by atoms with E-state index < -0.39 is 0 Å². The Hall–Kier alpha value is -3.45. The molecule has 1 saturated heterocycles. The summed E-state index contributed by atoms with van der Waals surface area (Å²) in [6.45, 7) is 4.07. The Morgan fingerprint density at radius 2 is 1.70 bits per heavy atom. The third-order valence-corrected chi connectivity index (χ3v) is 5.75. The molecule has 1 fully saturated rings. The summed E-state index contributed by atoms with van der Waals surface area (Å²) in [5.74, 6) is 2.10. The van der Waals surface area contributed by atoms with Gasteiger partial charge in [-0.2, -0.15) is 0 Å². The van der Waals surface area contributed by atoms with Crippen LogP contribution in [0, 0.1) is 0 Å². The Morgan fingerprint density at radius 3 is 2.39 bits per heavy atom. The number of methoxy groups -OCH3 is 1. The molecule has 0 spiro atoms. The van der Waals surface area contributed by atoms with Crippen molar-refractivity contribution in [2.75, 3.05) is 38.7 Å². The first kappa shape index (κ1) is 22.7. The van der Waals surface area contributed by atoms with Crippen LogP contribution in [0.5, 0.6) is 11.5 Å². The van der Waals surface area contributed by atoms with Crippen LogP contribution in [-0.2, 0) is 12.8 Å². The third-order valence-electron chi connectivity index (χ3n) is 5.75. The molecule has 0 bridgehead atoms. The smallest absolute Gasteiger partial charge is 0.227 e. The average molecular weight is 447 g/mol. The van der Waals surface area contributed by atoms with Crippen molar-refractivity contribution in [2.24, 2.45) is 0 Å². The highest BCUT2D eigenvalue weighted by molar-refractivity contribution is 5.76. The number of carbonyl (C=O) groups excluding carboxylic acids is 1. The predicted octanol–water partition coefficient (Wildman–Crippen LogP) is 4.30. The molecule has 0 saturated carbocycles. The molecular formula is C26H30N4O3. The number of anilines is 2. The summed E-state index contributed by atoms with van der Waals surface area (Å²) in [6, 6.07) is 13.4. The van der Waals surface area contributed by atoms with Gasteiger partial charge in [-0.05, 0) is 92.4 Å². The molecule has 2 heterocycles. The summed E-state index contributed by atoms with van der Waals surface area (Å²) >= 11 is 0. The molecule has 7 nitrogen and oxygen atoms in total. The fraction of sp³-hybridized carbons (Fsp3) is 0.346. The zero-order valence-electron chi connectivity index (χ0n) is 19.0. The molecule has 33 heavy (non-hydrogen) atoms. The fourth-order valence-corrected chi connectivity index (χ4v) is 3.92. The first-order chi connectivity index (χ1) is 16.2. The maximum absolute atomic E-state index is 11.1. The second-order valence-corrected chi connectivity index (χ2v) is 8.19. The molecule has 172 valence electrons. The van der Waals surface area contributed by atoms with Crippen LogP contribution in [0.1, 0.15) is 34.3 Å². The van der Waals surface area contributed by atoms with Gasteiger partial charge in [-0.15, -0.1) is 0 Å². The Bertz CT molecular complexity index is 1030. The molecule has 0 unspecified atom stereocenters. The van der Waals surface area contributed by atoms with Gasteiger partial charge in [-0.25, -0.2) is 9.97 Å². The van der Waals surface area contributed by atoms with Gasteiger partial charge in [0, 0.05) is 30.2 Å². The number of benzene rings is 2. The molecule has 0 amide bonds. The lowest BCUT2D eigenvalue weighted by molar-refractivity contribution is 0.112. The largest absolute Gasteiger partial charge is 0.497 e. The molecule has 1 aromatic heterocycles. The maximum atomic E-state index is 11.1. The van der Waals surface area contributed by atoms with Crippen LogP contribution in [0.2, 0.25) is 0 Å². The summed E-state index contributed by atoms with van der Waals surface area (Å²) in [7, 11) is 1.60. The van der Waals surface area contributed by atoms with Crippen molar-refractivity contribution in [2.45, 2.75) is 25.7 Å². The van der Waals surface area contributed by atoms with Crippen molar-refractivity contribution in [3.63, 3.8) is 0 Å². The van der Waals surface area contributed by atoms with Crippen LogP contribution < -0.4 is 14.8 Å². The quantitative estimate of drug-likeness (QED) is 0.440. The van der Waals surface area contributed by atoms with E-state index >= 15 is 0 Å². The van der Waals surface area contributed by atoms with Crippen LogP contribution >= 0.6 is 0 Å². The fourth-order valence-electron chi connectivity index (χ4n) is 3.92. The minimum Gasteiger partial charge on any atom is -0.497 e. The number of ether oxygens (including phenoxy) is 2. The highest BCUT2D eigenvalue weighted by Gasteiger charge is 2.10. The monoisotopic (exact) mass is 446 g/mol. The molecule has 7 heteroatoms. The average Bonchev–Trinajstić information content (AvgIpc) is 3.38. The lowest BCUT2D eigenvalue weighted by Crippen LogP contribution is -2.25. The summed E-state index contributed by atoms with van der Waals surface area (Å²) in [6.07, 6.45) is 8.63. The molecule has 0 atom stereocenters. The highest BCUT2D eigenvalue weighted by atomic mass is 16.5. The van der Waals surface area contributed by atoms with Crippen LogP contribution in [0.3, 0.4) is 0 Å². The molecule has 0 aliphatic carbocycles. The normalized spacial score (nSPS) is 13.6. The number of aldehydes is 1. The molecule has 2 aromatic carbocycles. The lowest BCUT2D eigenvalue weighted by Gasteiger charge is -2.15. The predicted molar refractivity (Wildman–Crippen MR) is 129 cm³/mol. The summed E-state index contributed by atoms with van der Waals surface area (Å²) < 4.78 is 11.1. The number of likely N-dealkylation sites (tertiary alicyclic amines) is 1. The van der Waals surface area contributed by atoms with Crippen molar-refractivity contribution in [3.8, 4) is 11.5 Å². The molecule has 1 N–H and O–H groups in total. The number of carbonyl (C=O) groups is 1. The molecular weight excluding hydrogens is 416 g/mol. The van der Waals surface area contributed by atoms with Gasteiger partial charge in [0.25, 0.3) is 0 Å². The Kier molecular flexibility index (Phi) is 7.87. The van der Waals surface area contributed by atoms with Gasteiger partial charge in [-0.3, -0.25) is 9.69 Å². The van der Waals surface area contributed by atoms with E-state index in [9.17, 15) is 4.79 Å². The molecule has 0 radical (unpaired) electrons. The number of hydrogen-bond acceptors (Lipinski definition) is 7. The van der Waals surface area contributed by atoms with E-state index in [-0.39, 0.29) is 0 Å². The first-order valence-corrected chi connectivity index (χ1v) is 11.4. The number of rotatable bonds is 11. The summed E-state index contributed by atoms with van der Waals surface area (Å²) in [4.78, 5) is 22.4. The van der Waals surface area contributed by atoms with Gasteiger partial charge in [0.15, 0.2) is 0 Å². The molecule has 4 rings (SSSR count). The van der Waals surface area contributed by atoms with Crippen molar-refractivity contribution in [1.82, 2.24) is 14.9 Å². The van der Waals surface area contributed by atoms with Gasteiger partial charge in [-0.1, -0.05) is 0 Å². The van der Waals surface area contributed by atoms with Gasteiger partial charge in [0.1, 0.15) is 24.4 Å². The number of nitrogens with zero attached hydrogens (tertiary/aromatic N) is 3. The minimum atomic E-state index is 0.547. The Morgan fingerprint density at radius 1 is 0.970 bits per heavy atom. The van der Waals surface area contributed by atoms with Crippen LogP contribution in [0.25, 0.3) is 0 Å². The van der Waals surface area contributed by atoms with E-state index in [4.69, 9.17) is 9.47 Å². The standard InChI is InChI=1S/C26H30N4O3/c1-32-25-15-20(14-22(16-25)19-31)4-5-21-17-27-26(28-18-21)29-23-6-8-24(9-7-23)33-13-12-30-10-2-3-11-30/h6-9,14-19H,2-5,10-13H2,1H3,(H,27,28,29). The topological polar surface area (TPSA) is 76.6 Å². The zero-order chi connectivity index (χ0) is 22.9. The van der Waals surface area contributed by atoms with Crippen LogP contribution in [0.4, 0.5) is 11.6 Å². The Balaban J connectivity index is 1.25. The number of aryl methyl sites for hydroxylation is 2. The van der Waals surface area contributed by atoms with E-state index in [1.807, 2.05) is 48.8 Å². The number of hydrogen-bond donors (Lipinski definition) is 1. The highest BCUT2D eigenvalue weighted by Crippen LogP contribution is 2.20. The van der Waals surface area contributed by atoms with E-state index in [2.05, 4.69) is 20.2 Å². The van der Waals surface area contributed by atoms with E-state index in [0.717, 1.165) is 48.2 Å². The summed E-state index contributed by atoms with van der Waals surface area (Å²) in [5, 5.41) is 3.22. The lowest BCUT2D eigenvalue weighted by atomic mass is 10.0. The Labute approximate surface area is 194 Å². The second kappa shape index (κ2) is 11.4. The van der Waals surface area contributed by atoms with Gasteiger partial charge >= 0.3 is 0 Å². The van der Waals surface area contributed by atoms with Crippen LogP contribution in [0.15, 0.2) is 54.9 Å². The van der Waals surface area contributed by atoms with Crippen LogP contribution in [-0.4, -0.2) is 54.5 Å². The van der Waals surface area contributed by atoms with Gasteiger partial charge < -0.3 is 14.8 Å². The van der Waals surface area contributed by atoms with E-state index in [0.29, 0.717) is 23.9 Å². The minimum absolute atomic E-state index is 0.547. The van der Waals surface area contributed by atoms with Crippen molar-refractivity contribution < 1.29 is 14.3 Å². The first-order valence-electron chi connectivity index (χ1n) is 11.4. The number of nitrogens with one attached hydrogen (secondary N) is 1. The molecule has 1 aliphatic heterocycles. The molecule has 3 aromatic rings. The van der Waals surface area contributed by atoms with Crippen molar-refractivity contribution >= 4 is 17.9 Å². The van der Waals surface area contributed by atoms with Gasteiger partial charge in [0.2, 0.25) is 5.95 Å². The summed E-state index contributed by atoms with van der Waals surface area (Å²) in [5.41, 5.74) is 3.59. The zero-order valence-corrected chi connectivity index (χ0v) is 19.0. The third kappa shape index (κ3) is 6.76. The van der Waals surface area contributed by atoms with Crippen molar-refractivity contribution in [3.05, 3.63) is 71.5 Å². The molecule has 1 aliphatic rings. The maximum Gasteiger partial charge on any atom is 0.227 e. The van der Waals surface area contributed by atoms with E-state index in [1.165, 1.54) is 25.9 Å².